The first-order chi connectivity index (χ1) is 16.3. The van der Waals surface area contributed by atoms with Crippen molar-refractivity contribution in [3.05, 3.63) is 78.0 Å². The average Bonchev–Trinajstić information content (AvgIpc) is 3.47. The summed E-state index contributed by atoms with van der Waals surface area (Å²) in [6.45, 7) is 11.4. The normalized spacial score (nSPS) is 12.2. The van der Waals surface area contributed by atoms with Crippen molar-refractivity contribution >= 4 is 6.08 Å². The van der Waals surface area contributed by atoms with Crippen molar-refractivity contribution in [2.45, 2.75) is 59.9 Å². The number of nitrogens with zero attached hydrogens (tertiary/aromatic N) is 5. The van der Waals surface area contributed by atoms with Crippen molar-refractivity contribution in [3.8, 4) is 22.5 Å². The number of aromatic nitrogens is 5. The van der Waals surface area contributed by atoms with Gasteiger partial charge < -0.3 is 4.42 Å². The summed E-state index contributed by atoms with van der Waals surface area (Å²) in [6, 6.07) is 18.7. The van der Waals surface area contributed by atoms with Gasteiger partial charge in [0.1, 0.15) is 11.4 Å². The van der Waals surface area contributed by atoms with Gasteiger partial charge in [-0.2, -0.15) is 15.0 Å². The van der Waals surface area contributed by atoms with E-state index in [1.165, 1.54) is 0 Å². The van der Waals surface area contributed by atoms with E-state index in [4.69, 9.17) is 14.6 Å². The lowest BCUT2D eigenvalue weighted by Crippen LogP contribution is -2.14. The third kappa shape index (κ3) is 5.68. The molecule has 0 saturated carbocycles. The zero-order chi connectivity index (χ0) is 24.1. The molecule has 2 heterocycles. The second-order valence-electron chi connectivity index (χ2n) is 9.71. The van der Waals surface area contributed by atoms with Crippen LogP contribution in [-0.4, -0.2) is 25.2 Å². The molecule has 0 N–H and O–H groups in total. The van der Waals surface area contributed by atoms with E-state index in [0.29, 0.717) is 11.8 Å². The van der Waals surface area contributed by atoms with E-state index >= 15 is 0 Å². The molecule has 0 bridgehead atoms. The average molecular weight is 456 g/mol. The third-order valence-corrected chi connectivity index (χ3v) is 5.73. The fourth-order valence-corrected chi connectivity index (χ4v) is 3.83. The first kappa shape index (κ1) is 23.6. The summed E-state index contributed by atoms with van der Waals surface area (Å²) in [6.07, 6.45) is 6.04. The van der Waals surface area contributed by atoms with Crippen molar-refractivity contribution in [1.82, 2.24) is 25.2 Å². The van der Waals surface area contributed by atoms with E-state index in [0.717, 1.165) is 47.5 Å². The molecule has 0 atom stereocenters. The van der Waals surface area contributed by atoms with Crippen molar-refractivity contribution < 1.29 is 4.42 Å². The summed E-state index contributed by atoms with van der Waals surface area (Å²) in [7, 11) is 0. The Morgan fingerprint density at radius 2 is 1.65 bits per heavy atom. The first-order valence-electron chi connectivity index (χ1n) is 11.9. The smallest absolute Gasteiger partial charge is 0.219 e. The molecule has 0 amide bonds. The second-order valence-corrected chi connectivity index (χ2v) is 9.71. The summed E-state index contributed by atoms with van der Waals surface area (Å²) in [5.41, 5.74) is 5.09. The molecular weight excluding hydrogens is 422 g/mol. The van der Waals surface area contributed by atoms with Crippen LogP contribution in [0.2, 0.25) is 0 Å². The van der Waals surface area contributed by atoms with Gasteiger partial charge >= 0.3 is 0 Å². The van der Waals surface area contributed by atoms with Crippen LogP contribution in [0.15, 0.2) is 65.1 Å². The molecule has 0 saturated heterocycles. The Balaban J connectivity index is 1.50. The van der Waals surface area contributed by atoms with Crippen molar-refractivity contribution in [2.75, 3.05) is 0 Å². The molecule has 4 rings (SSSR count). The van der Waals surface area contributed by atoms with Crippen LogP contribution < -0.4 is 0 Å². The number of benzene rings is 2. The number of hydrogen-bond acceptors (Lipinski definition) is 5. The molecule has 176 valence electrons. The van der Waals surface area contributed by atoms with Crippen molar-refractivity contribution in [2.24, 2.45) is 5.41 Å². The van der Waals surface area contributed by atoms with Gasteiger partial charge in [-0.25, -0.2) is 0 Å². The van der Waals surface area contributed by atoms with E-state index in [1.807, 2.05) is 18.2 Å². The van der Waals surface area contributed by atoms with Gasteiger partial charge in [-0.15, -0.1) is 10.2 Å². The number of hydrogen-bond donors (Lipinski definition) is 0. The minimum atomic E-state index is 0.0131. The topological polar surface area (TPSA) is 69.6 Å². The molecule has 2 aromatic carbocycles. The number of allylic oxidation sites excluding steroid dienone is 1. The Hall–Kier alpha value is -3.54. The zero-order valence-electron chi connectivity index (χ0n) is 20.7. The Morgan fingerprint density at radius 3 is 2.32 bits per heavy atom. The maximum atomic E-state index is 5.81. The highest BCUT2D eigenvalue weighted by Crippen LogP contribution is 2.30. The molecule has 0 aliphatic rings. The van der Waals surface area contributed by atoms with E-state index in [-0.39, 0.29) is 11.3 Å². The molecule has 0 spiro atoms. The summed E-state index contributed by atoms with van der Waals surface area (Å²) < 4.78 is 5.81. The highest BCUT2D eigenvalue weighted by molar-refractivity contribution is 5.78. The molecule has 0 aliphatic heterocycles. The first-order valence-corrected chi connectivity index (χ1v) is 11.9. The molecule has 0 unspecified atom stereocenters. The fourth-order valence-electron chi connectivity index (χ4n) is 3.83. The van der Waals surface area contributed by atoms with E-state index in [2.05, 4.69) is 93.4 Å². The van der Waals surface area contributed by atoms with Gasteiger partial charge in [-0.3, -0.25) is 0 Å². The van der Waals surface area contributed by atoms with E-state index in [1.54, 1.807) is 4.80 Å². The van der Waals surface area contributed by atoms with Crippen LogP contribution in [0.5, 0.6) is 0 Å². The van der Waals surface area contributed by atoms with E-state index in [9.17, 15) is 0 Å². The molecule has 4 aromatic rings. The number of rotatable bonds is 9. The van der Waals surface area contributed by atoms with E-state index < -0.39 is 0 Å². The summed E-state index contributed by atoms with van der Waals surface area (Å²) in [5.74, 6) is 1.66. The lowest BCUT2D eigenvalue weighted by molar-refractivity contribution is 0.316. The standard InChI is InChI=1S/C28H33N5O/c1-6-33-31-25(22-14-8-7-9-15-22)26(32-33)23-16-10-12-21(18-23)13-11-17-28(4,5)19-24-29-30-27(34-24)20(2)3/h7-16,18,20H,6,17,19H2,1-5H3/b13-11+. The Morgan fingerprint density at radius 1 is 0.941 bits per heavy atom. The molecule has 6 heteroatoms. The Bertz CT molecular complexity index is 1250. The van der Waals surface area contributed by atoms with Gasteiger partial charge in [0.15, 0.2) is 0 Å². The largest absolute Gasteiger partial charge is 0.425 e. The molecule has 34 heavy (non-hydrogen) atoms. The predicted molar refractivity (Wildman–Crippen MR) is 136 cm³/mol. The molecule has 0 fully saturated rings. The third-order valence-electron chi connectivity index (χ3n) is 5.73. The van der Waals surface area contributed by atoms with Crippen LogP contribution in [-0.2, 0) is 13.0 Å². The van der Waals surface area contributed by atoms with Crippen LogP contribution in [0.4, 0.5) is 0 Å². The van der Waals surface area contributed by atoms with Gasteiger partial charge in [-0.05, 0) is 30.4 Å². The minimum Gasteiger partial charge on any atom is -0.425 e. The molecule has 6 nitrogen and oxygen atoms in total. The SMILES string of the molecule is CCn1nc(-c2ccccc2)c(-c2cccc(/C=C/CC(C)(C)Cc3nnc(C(C)C)o3)c2)n1. The summed E-state index contributed by atoms with van der Waals surface area (Å²) >= 11 is 0. The predicted octanol–water partition coefficient (Wildman–Crippen LogP) is 6.81. The van der Waals surface area contributed by atoms with Crippen LogP contribution in [0.25, 0.3) is 28.6 Å². The van der Waals surface area contributed by atoms with Crippen molar-refractivity contribution in [3.63, 3.8) is 0 Å². The minimum absolute atomic E-state index is 0.0131. The summed E-state index contributed by atoms with van der Waals surface area (Å²) in [4.78, 5) is 1.75. The van der Waals surface area contributed by atoms with Gasteiger partial charge in [-0.1, -0.05) is 88.4 Å². The van der Waals surface area contributed by atoms with Gasteiger partial charge in [0.05, 0.1) is 6.54 Å². The molecule has 2 aromatic heterocycles. The highest BCUT2D eigenvalue weighted by Gasteiger charge is 2.21. The lowest BCUT2D eigenvalue weighted by atomic mass is 9.85. The van der Waals surface area contributed by atoms with Crippen LogP contribution in [0.1, 0.15) is 64.3 Å². The van der Waals surface area contributed by atoms with Crippen molar-refractivity contribution in [1.29, 1.82) is 0 Å². The highest BCUT2D eigenvalue weighted by atomic mass is 16.4. The second kappa shape index (κ2) is 10.2. The quantitative estimate of drug-likeness (QED) is 0.277. The number of aryl methyl sites for hydroxylation is 1. The van der Waals surface area contributed by atoms with Gasteiger partial charge in [0.25, 0.3) is 0 Å². The Kier molecular flexibility index (Phi) is 7.06. The van der Waals surface area contributed by atoms with Crippen LogP contribution in [0, 0.1) is 5.41 Å². The molecular formula is C28H33N5O. The van der Waals surface area contributed by atoms with Gasteiger partial charge in [0.2, 0.25) is 11.8 Å². The monoisotopic (exact) mass is 455 g/mol. The molecule has 0 aliphatic carbocycles. The summed E-state index contributed by atoms with van der Waals surface area (Å²) in [5, 5.41) is 17.9. The zero-order valence-corrected chi connectivity index (χ0v) is 20.7. The maximum absolute atomic E-state index is 5.81. The van der Waals surface area contributed by atoms with Gasteiger partial charge in [0, 0.05) is 23.5 Å². The Labute approximate surface area is 201 Å². The fraction of sp³-hybridized carbons (Fsp3) is 0.357. The maximum Gasteiger partial charge on any atom is 0.219 e. The molecule has 0 radical (unpaired) electrons. The van der Waals surface area contributed by atoms with Crippen LogP contribution in [0.3, 0.4) is 0 Å². The van der Waals surface area contributed by atoms with Crippen LogP contribution >= 0.6 is 0 Å². The lowest BCUT2D eigenvalue weighted by Gasteiger charge is -2.20.